The van der Waals surface area contributed by atoms with Gasteiger partial charge in [0.1, 0.15) is 0 Å². The van der Waals surface area contributed by atoms with Gasteiger partial charge in [0.25, 0.3) is 0 Å². The summed E-state index contributed by atoms with van der Waals surface area (Å²) in [6.45, 7) is 12.7. The fourth-order valence-corrected chi connectivity index (χ4v) is 3.73. The number of aliphatic hydroxyl groups is 1. The van der Waals surface area contributed by atoms with Crippen LogP contribution in [0.1, 0.15) is 38.3 Å². The van der Waals surface area contributed by atoms with E-state index < -0.39 is 6.10 Å². The fourth-order valence-electron chi connectivity index (χ4n) is 2.97. The molecule has 4 nitrogen and oxygen atoms in total. The van der Waals surface area contributed by atoms with Crippen molar-refractivity contribution < 1.29 is 9.84 Å². The lowest BCUT2D eigenvalue weighted by Gasteiger charge is -2.13. The quantitative estimate of drug-likeness (QED) is 0.724. The summed E-state index contributed by atoms with van der Waals surface area (Å²) in [6, 6.07) is 0.472. The highest BCUT2D eigenvalue weighted by atomic mass is 32.1. The number of ether oxygens (including phenoxy) is 1. The Morgan fingerprint density at radius 1 is 1.38 bits per heavy atom. The molecule has 120 valence electrons. The molecule has 2 rings (SSSR count). The molecule has 0 radical (unpaired) electrons. The van der Waals surface area contributed by atoms with E-state index in [1.165, 1.54) is 4.88 Å². The van der Waals surface area contributed by atoms with Crippen molar-refractivity contribution in [3.05, 3.63) is 16.1 Å². The number of rotatable bonds is 8. The molecule has 0 aliphatic heterocycles. The molecule has 0 aromatic carbocycles. The second-order valence-electron chi connectivity index (χ2n) is 7.12. The van der Waals surface area contributed by atoms with Gasteiger partial charge in [-0.3, -0.25) is 0 Å². The number of nitrogens with one attached hydrogen (secondary N) is 1. The monoisotopic (exact) mass is 312 g/mol. The average Bonchev–Trinajstić information content (AvgIpc) is 2.69. The molecule has 1 fully saturated rings. The number of hydrogen-bond donors (Lipinski definition) is 2. The molecule has 1 aromatic rings. The van der Waals surface area contributed by atoms with E-state index in [1.807, 2.05) is 12.4 Å². The summed E-state index contributed by atoms with van der Waals surface area (Å²) >= 11 is 1.66. The summed E-state index contributed by atoms with van der Waals surface area (Å²) in [5.74, 6) is 0. The predicted octanol–water partition coefficient (Wildman–Crippen LogP) is 2.40. The lowest BCUT2D eigenvalue weighted by molar-refractivity contribution is 0.0377. The van der Waals surface area contributed by atoms with Gasteiger partial charge in [0, 0.05) is 23.9 Å². The first kappa shape index (κ1) is 16.9. The van der Waals surface area contributed by atoms with Gasteiger partial charge in [-0.1, -0.05) is 27.7 Å². The molecule has 1 heterocycles. The molecule has 1 aromatic heterocycles. The number of aromatic nitrogens is 1. The Morgan fingerprint density at radius 2 is 2.05 bits per heavy atom. The lowest BCUT2D eigenvalue weighted by Crippen LogP contribution is -2.34. The number of aliphatic hydroxyl groups excluding tert-OH is 1. The first-order valence-electron chi connectivity index (χ1n) is 7.65. The van der Waals surface area contributed by atoms with Gasteiger partial charge >= 0.3 is 0 Å². The summed E-state index contributed by atoms with van der Waals surface area (Å²) < 4.78 is 5.57. The average molecular weight is 312 g/mol. The van der Waals surface area contributed by atoms with E-state index in [0.717, 1.165) is 12.1 Å². The third-order valence-corrected chi connectivity index (χ3v) is 6.20. The van der Waals surface area contributed by atoms with Crippen molar-refractivity contribution in [1.82, 2.24) is 10.3 Å². The first-order chi connectivity index (χ1) is 9.76. The minimum atomic E-state index is -0.445. The zero-order valence-electron chi connectivity index (χ0n) is 13.8. The van der Waals surface area contributed by atoms with Crippen LogP contribution >= 0.6 is 11.3 Å². The Hall–Kier alpha value is -0.490. The Balaban J connectivity index is 1.59. The highest BCUT2D eigenvalue weighted by molar-refractivity contribution is 7.09. The van der Waals surface area contributed by atoms with Gasteiger partial charge in [0.05, 0.1) is 30.5 Å². The molecule has 21 heavy (non-hydrogen) atoms. The van der Waals surface area contributed by atoms with Crippen molar-refractivity contribution in [2.24, 2.45) is 10.8 Å². The van der Waals surface area contributed by atoms with Crippen LogP contribution in [0.4, 0.5) is 0 Å². The van der Waals surface area contributed by atoms with Crippen LogP contribution in [0.5, 0.6) is 0 Å². The molecule has 1 aliphatic carbocycles. The molecule has 1 aliphatic rings. The number of hydrogen-bond acceptors (Lipinski definition) is 5. The van der Waals surface area contributed by atoms with Crippen LogP contribution < -0.4 is 5.32 Å². The van der Waals surface area contributed by atoms with E-state index >= 15 is 0 Å². The van der Waals surface area contributed by atoms with Gasteiger partial charge < -0.3 is 15.2 Å². The van der Waals surface area contributed by atoms with Gasteiger partial charge in [-0.15, -0.1) is 11.3 Å². The van der Waals surface area contributed by atoms with Crippen LogP contribution in [0, 0.1) is 17.8 Å². The van der Waals surface area contributed by atoms with E-state index in [-0.39, 0.29) is 0 Å². The van der Waals surface area contributed by atoms with Crippen LogP contribution in [0.3, 0.4) is 0 Å². The Morgan fingerprint density at radius 3 is 2.57 bits per heavy atom. The molecule has 2 N–H and O–H groups in total. The van der Waals surface area contributed by atoms with E-state index in [0.29, 0.717) is 36.6 Å². The van der Waals surface area contributed by atoms with Crippen LogP contribution in [-0.4, -0.2) is 42.0 Å². The maximum atomic E-state index is 9.98. The molecule has 0 bridgehead atoms. The molecule has 0 saturated heterocycles. The topological polar surface area (TPSA) is 54.4 Å². The van der Waals surface area contributed by atoms with E-state index in [1.54, 1.807) is 11.3 Å². The maximum absolute atomic E-state index is 9.98. The first-order valence-corrected chi connectivity index (χ1v) is 8.53. The molecular weight excluding hydrogens is 284 g/mol. The molecule has 1 unspecified atom stereocenters. The zero-order valence-corrected chi connectivity index (χ0v) is 14.6. The third kappa shape index (κ3) is 3.65. The van der Waals surface area contributed by atoms with Gasteiger partial charge in [0.2, 0.25) is 0 Å². The van der Waals surface area contributed by atoms with Gasteiger partial charge in [-0.25, -0.2) is 4.98 Å². The normalized spacial score (nSPS) is 21.4. The summed E-state index contributed by atoms with van der Waals surface area (Å²) in [7, 11) is 0. The van der Waals surface area contributed by atoms with E-state index in [2.05, 4.69) is 38.0 Å². The van der Waals surface area contributed by atoms with E-state index in [9.17, 15) is 5.11 Å². The summed E-state index contributed by atoms with van der Waals surface area (Å²) in [5.41, 5.74) is 3.56. The maximum Gasteiger partial charge on any atom is 0.0897 e. The van der Waals surface area contributed by atoms with E-state index in [4.69, 9.17) is 4.74 Å². The molecule has 0 amide bonds. The molecule has 0 spiro atoms. The number of aryl methyl sites for hydroxylation is 1. The molecule has 5 heteroatoms. The third-order valence-electron chi connectivity index (χ3n) is 5.21. The lowest BCUT2D eigenvalue weighted by atomic mass is 10.0. The van der Waals surface area contributed by atoms with Crippen molar-refractivity contribution in [3.8, 4) is 0 Å². The van der Waals surface area contributed by atoms with Crippen LogP contribution in [0.15, 0.2) is 5.51 Å². The van der Waals surface area contributed by atoms with Gasteiger partial charge in [-0.05, 0) is 17.8 Å². The highest BCUT2D eigenvalue weighted by Gasteiger charge is 2.64. The molecule has 1 saturated carbocycles. The largest absolute Gasteiger partial charge is 0.389 e. The number of thiazole rings is 1. The standard InChI is InChI=1S/C16H28N2O2S/c1-11-13(21-10-18-11)6-7-20-9-12(19)8-17-14-15(2,3)16(14,4)5/h10,12,14,17,19H,6-9H2,1-5H3. The van der Waals surface area contributed by atoms with Crippen molar-refractivity contribution in [2.45, 2.75) is 53.2 Å². The van der Waals surface area contributed by atoms with Crippen molar-refractivity contribution in [3.63, 3.8) is 0 Å². The smallest absolute Gasteiger partial charge is 0.0897 e. The second-order valence-corrected chi connectivity index (χ2v) is 8.06. The zero-order chi connectivity index (χ0) is 15.7. The van der Waals surface area contributed by atoms with Crippen molar-refractivity contribution in [1.29, 1.82) is 0 Å². The molecular formula is C16H28N2O2S. The summed E-state index contributed by atoms with van der Waals surface area (Å²) in [5, 5.41) is 13.4. The minimum Gasteiger partial charge on any atom is -0.389 e. The summed E-state index contributed by atoms with van der Waals surface area (Å²) in [6.07, 6.45) is 0.430. The second kappa shape index (κ2) is 6.32. The molecule has 1 atom stereocenters. The van der Waals surface area contributed by atoms with Crippen molar-refractivity contribution >= 4 is 11.3 Å². The predicted molar refractivity (Wildman–Crippen MR) is 86.7 cm³/mol. The van der Waals surface area contributed by atoms with Crippen LogP contribution in [0.25, 0.3) is 0 Å². The Bertz CT molecular complexity index is 457. The minimum absolute atomic E-state index is 0.303. The van der Waals surface area contributed by atoms with Gasteiger partial charge in [-0.2, -0.15) is 0 Å². The SMILES string of the molecule is Cc1ncsc1CCOCC(O)CNC1C(C)(C)C1(C)C. The van der Waals surface area contributed by atoms with Crippen LogP contribution in [-0.2, 0) is 11.2 Å². The fraction of sp³-hybridized carbons (Fsp3) is 0.812. The van der Waals surface area contributed by atoms with Crippen LogP contribution in [0.2, 0.25) is 0 Å². The summed E-state index contributed by atoms with van der Waals surface area (Å²) in [4.78, 5) is 5.48. The van der Waals surface area contributed by atoms with Gasteiger partial charge in [0.15, 0.2) is 0 Å². The highest BCUT2D eigenvalue weighted by Crippen LogP contribution is 2.62. The Kier molecular flexibility index (Phi) is 5.08. The Labute approximate surface area is 131 Å². The number of nitrogens with zero attached hydrogens (tertiary/aromatic N) is 1. The van der Waals surface area contributed by atoms with Crippen molar-refractivity contribution in [2.75, 3.05) is 19.8 Å².